The van der Waals surface area contributed by atoms with E-state index in [0.29, 0.717) is 17.3 Å². The summed E-state index contributed by atoms with van der Waals surface area (Å²) in [5, 5.41) is 0.670. The molecule has 0 saturated heterocycles. The fourth-order valence-corrected chi connectivity index (χ4v) is 2.77. The Morgan fingerprint density at radius 1 is 1.19 bits per heavy atom. The minimum Gasteiger partial charge on any atom is -0.323 e. The van der Waals surface area contributed by atoms with Gasteiger partial charge in [0.15, 0.2) is 0 Å². The molecule has 0 spiro atoms. The summed E-state index contributed by atoms with van der Waals surface area (Å²) in [7, 11) is 0. The molecule has 0 atom stereocenters. The monoisotopic (exact) mass is 319 g/mol. The number of para-hydroxylation sites is 1. The average molecular weight is 320 g/mol. The Balaban J connectivity index is 2.08. The maximum Gasteiger partial charge on any atom is 0.111 e. The first-order valence-electron chi connectivity index (χ1n) is 6.80. The average Bonchev–Trinajstić information content (AvgIpc) is 2.82. The highest BCUT2D eigenvalue weighted by atomic mass is 35.5. The van der Waals surface area contributed by atoms with Gasteiger partial charge in [-0.3, -0.25) is 4.98 Å². The number of rotatable bonds is 4. The number of nitrogens with zero attached hydrogens (tertiary/aromatic N) is 3. The van der Waals surface area contributed by atoms with E-state index in [1.807, 2.05) is 37.4 Å². The number of hydrogen-bond donors (Lipinski definition) is 0. The number of aromatic nitrogens is 3. The van der Waals surface area contributed by atoms with E-state index >= 15 is 0 Å². The van der Waals surface area contributed by atoms with Crippen molar-refractivity contribution >= 4 is 34.2 Å². The van der Waals surface area contributed by atoms with Gasteiger partial charge in [0.25, 0.3) is 0 Å². The number of fused-ring (bicyclic) bond motifs is 1. The third-order valence-electron chi connectivity index (χ3n) is 3.44. The first kappa shape index (κ1) is 14.4. The lowest BCUT2D eigenvalue weighted by Crippen LogP contribution is -2.06. The molecule has 0 aliphatic carbocycles. The van der Waals surface area contributed by atoms with Crippen LogP contribution in [-0.2, 0) is 13.0 Å². The molecule has 0 unspecified atom stereocenters. The molecule has 2 aromatic heterocycles. The zero-order chi connectivity index (χ0) is 14.8. The maximum atomic E-state index is 6.25. The topological polar surface area (TPSA) is 30.7 Å². The highest BCUT2D eigenvalue weighted by Gasteiger charge is 2.13. The Kier molecular flexibility index (Phi) is 4.13. The molecule has 0 bridgehead atoms. The third kappa shape index (κ3) is 2.89. The second kappa shape index (κ2) is 6.04. The molecule has 0 aliphatic rings. The summed E-state index contributed by atoms with van der Waals surface area (Å²) in [6.45, 7) is 2.70. The summed E-state index contributed by atoms with van der Waals surface area (Å²) in [6.07, 6.45) is 2.61. The maximum absolute atomic E-state index is 6.25. The second-order valence-electron chi connectivity index (χ2n) is 4.97. The smallest absolute Gasteiger partial charge is 0.111 e. The second-order valence-corrected chi connectivity index (χ2v) is 5.75. The van der Waals surface area contributed by atoms with Crippen molar-refractivity contribution in [2.45, 2.75) is 19.9 Å². The van der Waals surface area contributed by atoms with Gasteiger partial charge in [0.1, 0.15) is 11.3 Å². The lowest BCUT2D eigenvalue weighted by molar-refractivity contribution is 0.751. The van der Waals surface area contributed by atoms with Crippen LogP contribution in [0.25, 0.3) is 11.0 Å². The van der Waals surface area contributed by atoms with Gasteiger partial charge in [0.2, 0.25) is 0 Å². The van der Waals surface area contributed by atoms with E-state index in [1.165, 1.54) is 0 Å². The third-order valence-corrected chi connectivity index (χ3v) is 3.93. The van der Waals surface area contributed by atoms with Gasteiger partial charge in [0.05, 0.1) is 17.1 Å². The van der Waals surface area contributed by atoms with E-state index in [1.54, 1.807) is 0 Å². The number of aryl methyl sites for hydroxylation is 2. The highest BCUT2D eigenvalue weighted by Crippen LogP contribution is 2.25. The lowest BCUT2D eigenvalue weighted by atomic mass is 10.2. The van der Waals surface area contributed by atoms with E-state index < -0.39 is 0 Å². The molecule has 2 heterocycles. The van der Waals surface area contributed by atoms with Crippen LogP contribution in [0.3, 0.4) is 0 Å². The summed E-state index contributed by atoms with van der Waals surface area (Å²) < 4.78 is 2.16. The summed E-state index contributed by atoms with van der Waals surface area (Å²) in [5.41, 5.74) is 4.01. The number of hydrogen-bond acceptors (Lipinski definition) is 2. The van der Waals surface area contributed by atoms with Gasteiger partial charge in [-0.25, -0.2) is 4.98 Å². The van der Waals surface area contributed by atoms with E-state index in [-0.39, 0.29) is 0 Å². The van der Waals surface area contributed by atoms with E-state index in [9.17, 15) is 0 Å². The van der Waals surface area contributed by atoms with Gasteiger partial charge in [-0.1, -0.05) is 23.7 Å². The Hall–Kier alpha value is -1.58. The molecule has 0 N–H and O–H groups in total. The predicted molar refractivity (Wildman–Crippen MR) is 87.2 cm³/mol. The van der Waals surface area contributed by atoms with Crippen molar-refractivity contribution < 1.29 is 0 Å². The van der Waals surface area contributed by atoms with Crippen molar-refractivity contribution in [1.29, 1.82) is 0 Å². The van der Waals surface area contributed by atoms with Crippen LogP contribution in [0.5, 0.6) is 0 Å². The summed E-state index contributed by atoms with van der Waals surface area (Å²) in [4.78, 5) is 8.99. The molecule has 3 aromatic rings. The molecule has 108 valence electrons. The Bertz CT molecular complexity index is 763. The van der Waals surface area contributed by atoms with E-state index in [2.05, 4.69) is 20.6 Å². The minimum absolute atomic E-state index is 0.535. The Labute approximate surface area is 133 Å². The van der Waals surface area contributed by atoms with Crippen LogP contribution < -0.4 is 0 Å². The van der Waals surface area contributed by atoms with Crippen molar-refractivity contribution in [2.75, 3.05) is 5.88 Å². The number of alkyl halides is 1. The molecule has 1 aromatic carbocycles. The molecule has 0 saturated carbocycles. The zero-order valence-electron chi connectivity index (χ0n) is 11.7. The molecule has 3 rings (SSSR count). The van der Waals surface area contributed by atoms with Crippen molar-refractivity contribution in [1.82, 2.24) is 14.5 Å². The quantitative estimate of drug-likeness (QED) is 0.674. The van der Waals surface area contributed by atoms with Crippen molar-refractivity contribution in [3.63, 3.8) is 0 Å². The molecule has 3 nitrogen and oxygen atoms in total. The van der Waals surface area contributed by atoms with Crippen molar-refractivity contribution in [3.05, 3.63) is 58.6 Å². The van der Waals surface area contributed by atoms with Crippen LogP contribution in [0.15, 0.2) is 36.5 Å². The van der Waals surface area contributed by atoms with Gasteiger partial charge in [-0.15, -0.1) is 11.6 Å². The summed E-state index contributed by atoms with van der Waals surface area (Å²) >= 11 is 12.1. The molecular formula is C16H15Cl2N3. The van der Waals surface area contributed by atoms with Gasteiger partial charge in [0, 0.05) is 24.2 Å². The number of halogens is 2. The molecule has 0 aliphatic heterocycles. The molecule has 21 heavy (non-hydrogen) atoms. The Morgan fingerprint density at radius 3 is 2.76 bits per heavy atom. The number of benzene rings is 1. The van der Waals surface area contributed by atoms with Crippen LogP contribution in [0, 0.1) is 6.92 Å². The predicted octanol–water partition coefficient (Wildman–Crippen LogP) is 4.22. The number of imidazole rings is 1. The first-order valence-corrected chi connectivity index (χ1v) is 7.71. The van der Waals surface area contributed by atoms with Gasteiger partial charge in [-0.2, -0.15) is 0 Å². The lowest BCUT2D eigenvalue weighted by Gasteiger charge is -2.08. The molecule has 0 radical (unpaired) electrons. The zero-order valence-corrected chi connectivity index (χ0v) is 13.2. The molecular weight excluding hydrogens is 305 g/mol. The number of pyridine rings is 1. The standard InChI is InChI=1S/C16H15Cl2N3/c1-11-5-6-12(9-19-11)10-21-14-4-2-3-13(18)16(14)20-15(21)7-8-17/h2-6,9H,7-8,10H2,1H3. The van der Waals surface area contributed by atoms with Crippen molar-refractivity contribution in [2.24, 2.45) is 0 Å². The van der Waals surface area contributed by atoms with Crippen LogP contribution in [0.4, 0.5) is 0 Å². The van der Waals surface area contributed by atoms with Crippen LogP contribution in [0.1, 0.15) is 17.1 Å². The fourth-order valence-electron chi connectivity index (χ4n) is 2.39. The molecule has 0 amide bonds. The fraction of sp³-hybridized carbons (Fsp3) is 0.250. The van der Waals surface area contributed by atoms with Crippen LogP contribution in [-0.4, -0.2) is 20.4 Å². The summed E-state index contributed by atoms with van der Waals surface area (Å²) in [6, 6.07) is 9.94. The van der Waals surface area contributed by atoms with Crippen LogP contribution >= 0.6 is 23.2 Å². The van der Waals surface area contributed by atoms with Crippen LogP contribution in [0.2, 0.25) is 5.02 Å². The van der Waals surface area contributed by atoms with Gasteiger partial charge in [-0.05, 0) is 30.7 Å². The Morgan fingerprint density at radius 2 is 2.05 bits per heavy atom. The summed E-state index contributed by atoms with van der Waals surface area (Å²) in [5.74, 6) is 1.49. The van der Waals surface area contributed by atoms with Gasteiger partial charge < -0.3 is 4.57 Å². The minimum atomic E-state index is 0.535. The van der Waals surface area contributed by atoms with Gasteiger partial charge >= 0.3 is 0 Å². The SMILES string of the molecule is Cc1ccc(Cn2c(CCCl)nc3c(Cl)cccc32)cn1. The molecule has 5 heteroatoms. The largest absolute Gasteiger partial charge is 0.323 e. The highest BCUT2D eigenvalue weighted by molar-refractivity contribution is 6.34. The first-order chi connectivity index (χ1) is 10.2. The van der Waals surface area contributed by atoms with Crippen molar-refractivity contribution in [3.8, 4) is 0 Å². The normalized spacial score (nSPS) is 11.2. The van der Waals surface area contributed by atoms with E-state index in [4.69, 9.17) is 23.2 Å². The molecule has 0 fully saturated rings. The van der Waals surface area contributed by atoms with E-state index in [0.717, 1.165) is 34.7 Å².